The quantitative estimate of drug-likeness (QED) is 0.858. The Morgan fingerprint density at radius 3 is 2.80 bits per heavy atom. The molecule has 0 aliphatic carbocycles. The molecule has 1 heterocycles. The van der Waals surface area contributed by atoms with E-state index >= 15 is 0 Å². The Labute approximate surface area is 115 Å². The third-order valence-corrected chi connectivity index (χ3v) is 2.84. The Kier molecular flexibility index (Phi) is 4.04. The molecule has 1 amide bonds. The smallest absolute Gasteiger partial charge is 0.241 e. The maximum atomic E-state index is 13.7. The molecular formula is C12H15FN6O. The molecule has 8 heteroatoms. The number of hydrogen-bond acceptors (Lipinski definition) is 5. The van der Waals surface area contributed by atoms with E-state index in [0.717, 1.165) is 0 Å². The minimum absolute atomic E-state index is 0.0408. The van der Waals surface area contributed by atoms with Crippen LogP contribution in [0.4, 0.5) is 10.1 Å². The van der Waals surface area contributed by atoms with Crippen LogP contribution in [-0.4, -0.2) is 32.2 Å². The summed E-state index contributed by atoms with van der Waals surface area (Å²) >= 11 is 0. The van der Waals surface area contributed by atoms with Crippen LogP contribution in [0.1, 0.15) is 13.8 Å². The summed E-state index contributed by atoms with van der Waals surface area (Å²) in [5.41, 5.74) is 6.29. The lowest BCUT2D eigenvalue weighted by atomic mass is 10.0. The van der Waals surface area contributed by atoms with Gasteiger partial charge in [-0.15, -0.1) is 5.10 Å². The van der Waals surface area contributed by atoms with Crippen LogP contribution in [0.3, 0.4) is 0 Å². The van der Waals surface area contributed by atoms with Gasteiger partial charge in [-0.05, 0) is 34.5 Å². The van der Waals surface area contributed by atoms with Crippen LogP contribution in [0.25, 0.3) is 5.69 Å². The standard InChI is InChI=1S/C12H15FN6O/c1-7(2)11(14)12(20)16-10-5-8(3-4-9(10)13)19-6-15-17-18-19/h3-7,11H,14H2,1-2H3,(H,16,20)/t11-/m0/s1. The van der Waals surface area contributed by atoms with Crippen LogP contribution in [-0.2, 0) is 4.79 Å². The summed E-state index contributed by atoms with van der Waals surface area (Å²) in [6, 6.07) is 3.47. The van der Waals surface area contributed by atoms with Crippen LogP contribution >= 0.6 is 0 Å². The highest BCUT2D eigenvalue weighted by atomic mass is 19.1. The van der Waals surface area contributed by atoms with Crippen molar-refractivity contribution < 1.29 is 9.18 Å². The summed E-state index contributed by atoms with van der Waals surface area (Å²) in [5, 5.41) is 13.2. The van der Waals surface area contributed by atoms with Crippen LogP contribution in [0.2, 0.25) is 0 Å². The summed E-state index contributed by atoms with van der Waals surface area (Å²) < 4.78 is 15.1. The first-order valence-corrected chi connectivity index (χ1v) is 6.08. The first-order valence-electron chi connectivity index (χ1n) is 6.08. The minimum atomic E-state index is -0.703. The molecule has 0 saturated carbocycles. The number of anilines is 1. The minimum Gasteiger partial charge on any atom is -0.322 e. The lowest BCUT2D eigenvalue weighted by Gasteiger charge is -2.16. The SMILES string of the molecule is CC(C)[C@H](N)C(=O)Nc1cc(-n2cnnn2)ccc1F. The Balaban J connectivity index is 2.24. The largest absolute Gasteiger partial charge is 0.322 e. The molecular weight excluding hydrogens is 263 g/mol. The third-order valence-electron chi connectivity index (χ3n) is 2.84. The molecule has 2 rings (SSSR count). The van der Waals surface area contributed by atoms with Crippen LogP contribution in [0.5, 0.6) is 0 Å². The summed E-state index contributed by atoms with van der Waals surface area (Å²) in [6.07, 6.45) is 1.37. The molecule has 1 aromatic heterocycles. The van der Waals surface area contributed by atoms with Gasteiger partial charge >= 0.3 is 0 Å². The number of nitrogens with two attached hydrogens (primary N) is 1. The zero-order chi connectivity index (χ0) is 14.7. The molecule has 0 unspecified atom stereocenters. The molecule has 20 heavy (non-hydrogen) atoms. The van der Waals surface area contributed by atoms with Gasteiger partial charge in [-0.25, -0.2) is 9.07 Å². The number of tetrazole rings is 1. The van der Waals surface area contributed by atoms with Crippen molar-refractivity contribution in [1.82, 2.24) is 20.2 Å². The van der Waals surface area contributed by atoms with Crippen molar-refractivity contribution in [2.75, 3.05) is 5.32 Å². The second-order valence-electron chi connectivity index (χ2n) is 4.68. The zero-order valence-electron chi connectivity index (χ0n) is 11.1. The number of amides is 1. The molecule has 2 aromatic rings. The Morgan fingerprint density at radius 2 is 2.20 bits per heavy atom. The highest BCUT2D eigenvalue weighted by molar-refractivity contribution is 5.95. The molecule has 0 bridgehead atoms. The van der Waals surface area contributed by atoms with Crippen LogP contribution in [0.15, 0.2) is 24.5 Å². The van der Waals surface area contributed by atoms with Crippen molar-refractivity contribution in [3.63, 3.8) is 0 Å². The van der Waals surface area contributed by atoms with Crippen molar-refractivity contribution in [2.45, 2.75) is 19.9 Å². The van der Waals surface area contributed by atoms with E-state index in [2.05, 4.69) is 20.8 Å². The Hall–Kier alpha value is -2.35. The molecule has 0 aliphatic rings. The first kappa shape index (κ1) is 14.1. The monoisotopic (exact) mass is 278 g/mol. The number of benzene rings is 1. The van der Waals surface area contributed by atoms with Gasteiger partial charge in [0.25, 0.3) is 0 Å². The number of carbonyl (C=O) groups excluding carboxylic acids is 1. The summed E-state index contributed by atoms with van der Waals surface area (Å²) in [6.45, 7) is 3.64. The highest BCUT2D eigenvalue weighted by Crippen LogP contribution is 2.18. The van der Waals surface area contributed by atoms with Gasteiger partial charge in [-0.1, -0.05) is 13.8 Å². The molecule has 0 aliphatic heterocycles. The molecule has 3 N–H and O–H groups in total. The van der Waals surface area contributed by atoms with E-state index in [1.807, 2.05) is 13.8 Å². The van der Waals surface area contributed by atoms with Gasteiger partial charge in [0, 0.05) is 0 Å². The van der Waals surface area contributed by atoms with E-state index in [4.69, 9.17) is 5.73 Å². The van der Waals surface area contributed by atoms with Gasteiger partial charge in [-0.3, -0.25) is 4.79 Å². The highest BCUT2D eigenvalue weighted by Gasteiger charge is 2.18. The predicted octanol–water partition coefficient (Wildman–Crippen LogP) is 0.723. The van der Waals surface area contributed by atoms with Crippen molar-refractivity contribution in [2.24, 2.45) is 11.7 Å². The molecule has 106 valence electrons. The first-order chi connectivity index (χ1) is 9.49. The predicted molar refractivity (Wildman–Crippen MR) is 70.6 cm³/mol. The average Bonchev–Trinajstić information content (AvgIpc) is 2.94. The van der Waals surface area contributed by atoms with Crippen molar-refractivity contribution in [3.05, 3.63) is 30.3 Å². The van der Waals surface area contributed by atoms with Crippen LogP contribution < -0.4 is 11.1 Å². The number of halogens is 1. The second-order valence-corrected chi connectivity index (χ2v) is 4.68. The maximum absolute atomic E-state index is 13.7. The molecule has 0 radical (unpaired) electrons. The Bertz CT molecular complexity index is 598. The van der Waals surface area contributed by atoms with E-state index in [-0.39, 0.29) is 11.6 Å². The molecule has 1 aromatic carbocycles. The molecule has 0 fully saturated rings. The average molecular weight is 278 g/mol. The lowest BCUT2D eigenvalue weighted by Crippen LogP contribution is -2.39. The normalized spacial score (nSPS) is 12.4. The molecule has 7 nitrogen and oxygen atoms in total. The zero-order valence-corrected chi connectivity index (χ0v) is 11.1. The number of nitrogens with zero attached hydrogens (tertiary/aromatic N) is 4. The number of aromatic nitrogens is 4. The number of carbonyl (C=O) groups is 1. The number of rotatable bonds is 4. The fourth-order valence-corrected chi connectivity index (χ4v) is 1.55. The molecule has 1 atom stereocenters. The third kappa shape index (κ3) is 2.97. The summed E-state index contributed by atoms with van der Waals surface area (Å²) in [4.78, 5) is 11.9. The van der Waals surface area contributed by atoms with Gasteiger partial charge < -0.3 is 11.1 Å². The fraction of sp³-hybridized carbons (Fsp3) is 0.333. The molecule has 0 saturated heterocycles. The van der Waals surface area contributed by atoms with E-state index in [9.17, 15) is 9.18 Å². The number of hydrogen-bond donors (Lipinski definition) is 2. The van der Waals surface area contributed by atoms with E-state index in [0.29, 0.717) is 5.69 Å². The number of nitrogens with one attached hydrogen (secondary N) is 1. The van der Waals surface area contributed by atoms with Gasteiger partial charge in [0.1, 0.15) is 12.1 Å². The summed E-state index contributed by atoms with van der Waals surface area (Å²) in [5.74, 6) is -1.03. The second kappa shape index (κ2) is 5.74. The summed E-state index contributed by atoms with van der Waals surface area (Å²) in [7, 11) is 0. The molecule has 0 spiro atoms. The van der Waals surface area contributed by atoms with E-state index < -0.39 is 17.8 Å². The van der Waals surface area contributed by atoms with E-state index in [1.165, 1.54) is 29.2 Å². The van der Waals surface area contributed by atoms with Crippen molar-refractivity contribution >= 4 is 11.6 Å². The van der Waals surface area contributed by atoms with Crippen molar-refractivity contribution in [1.29, 1.82) is 0 Å². The topological polar surface area (TPSA) is 98.7 Å². The van der Waals surface area contributed by atoms with Gasteiger partial charge in [0.15, 0.2) is 0 Å². The van der Waals surface area contributed by atoms with Gasteiger partial charge in [0.05, 0.1) is 17.4 Å². The van der Waals surface area contributed by atoms with Gasteiger partial charge in [0.2, 0.25) is 5.91 Å². The maximum Gasteiger partial charge on any atom is 0.241 e. The van der Waals surface area contributed by atoms with Crippen molar-refractivity contribution in [3.8, 4) is 5.69 Å². The van der Waals surface area contributed by atoms with E-state index in [1.54, 1.807) is 0 Å². The van der Waals surface area contributed by atoms with Crippen LogP contribution in [0, 0.1) is 11.7 Å². The Morgan fingerprint density at radius 1 is 1.45 bits per heavy atom. The van der Waals surface area contributed by atoms with Gasteiger partial charge in [-0.2, -0.15) is 0 Å². The fourth-order valence-electron chi connectivity index (χ4n) is 1.55. The lowest BCUT2D eigenvalue weighted by molar-refractivity contribution is -0.118.